The molecule has 0 spiro atoms. The molecule has 0 aliphatic carbocycles. The summed E-state index contributed by atoms with van der Waals surface area (Å²) in [7, 11) is 0. The molecule has 0 aliphatic heterocycles. The summed E-state index contributed by atoms with van der Waals surface area (Å²) < 4.78 is 62.4. The quantitative estimate of drug-likeness (QED) is 0.276. The second-order valence-corrected chi connectivity index (χ2v) is 8.06. The molecule has 0 radical (unpaired) electrons. The summed E-state index contributed by atoms with van der Waals surface area (Å²) in [6.07, 6.45) is -3.19. The van der Waals surface area contributed by atoms with Gasteiger partial charge in [0.15, 0.2) is 5.69 Å². The molecule has 0 unspecified atom stereocenters. The molecule has 0 bridgehead atoms. The number of carbonyl (C=O) groups is 1. The van der Waals surface area contributed by atoms with Gasteiger partial charge in [-0.25, -0.2) is 9.18 Å². The van der Waals surface area contributed by atoms with Crippen LogP contribution < -0.4 is 0 Å². The van der Waals surface area contributed by atoms with E-state index in [1.165, 1.54) is 41.1 Å². The summed E-state index contributed by atoms with van der Waals surface area (Å²) >= 11 is 0. The zero-order valence-corrected chi connectivity index (χ0v) is 18.8. The molecule has 7 nitrogen and oxygen atoms in total. The Kier molecular flexibility index (Phi) is 6.04. The lowest BCUT2D eigenvalue weighted by atomic mass is 9.96. The molecule has 2 aromatic heterocycles. The lowest BCUT2D eigenvalue weighted by Crippen LogP contribution is -2.08. The molecular formula is C26H16F4N4O3. The first kappa shape index (κ1) is 23.9. The van der Waals surface area contributed by atoms with Gasteiger partial charge >= 0.3 is 12.1 Å². The molecule has 0 saturated carbocycles. The fourth-order valence-corrected chi connectivity index (χ4v) is 3.79. The van der Waals surface area contributed by atoms with Crippen LogP contribution in [0.5, 0.6) is 0 Å². The average molecular weight is 508 g/mol. The summed E-state index contributed by atoms with van der Waals surface area (Å²) in [6.45, 7) is 0.333. The first-order valence-electron chi connectivity index (χ1n) is 10.9. The molecule has 0 amide bonds. The Bertz CT molecular complexity index is 1590. The second kappa shape index (κ2) is 9.34. The third-order valence-corrected chi connectivity index (χ3v) is 5.58. The lowest BCUT2D eigenvalue weighted by molar-refractivity contribution is -0.137. The van der Waals surface area contributed by atoms with Crippen LogP contribution in [0.3, 0.4) is 0 Å². The van der Waals surface area contributed by atoms with Crippen molar-refractivity contribution < 1.29 is 32.0 Å². The number of hydrogen-bond acceptors (Lipinski definition) is 5. The summed E-state index contributed by atoms with van der Waals surface area (Å²) in [5.74, 6) is -1.84. The summed E-state index contributed by atoms with van der Waals surface area (Å²) in [5.41, 5.74) is -0.124. The summed E-state index contributed by atoms with van der Waals surface area (Å²) in [4.78, 5) is 15.2. The fraction of sp³-hybridized carbons (Fsp3) is 0.0769. The largest absolute Gasteiger partial charge is 0.476 e. The van der Waals surface area contributed by atoms with Crippen molar-refractivity contribution >= 4 is 5.97 Å². The van der Waals surface area contributed by atoms with E-state index in [1.807, 2.05) is 0 Å². The SMILES string of the molecule is O=C(O)c1ccn(Cc2ccc(-c3noc(-c4ccc(-c5ccccc5F)c(C(F)(F)F)c4)n3)cc2)n1. The van der Waals surface area contributed by atoms with Crippen LogP contribution in [0, 0.1) is 5.82 Å². The normalized spacial score (nSPS) is 11.6. The van der Waals surface area contributed by atoms with E-state index in [4.69, 9.17) is 9.63 Å². The van der Waals surface area contributed by atoms with Crippen molar-refractivity contribution in [3.8, 4) is 34.0 Å². The maximum Gasteiger partial charge on any atom is 0.417 e. The number of carboxylic acid groups (broad SMARTS) is 1. The van der Waals surface area contributed by atoms with Crippen molar-refractivity contribution in [1.29, 1.82) is 0 Å². The van der Waals surface area contributed by atoms with Gasteiger partial charge in [0, 0.05) is 22.9 Å². The number of halogens is 4. The number of aromatic carboxylic acids is 1. The summed E-state index contributed by atoms with van der Waals surface area (Å²) in [5, 5.41) is 16.8. The van der Waals surface area contributed by atoms with Gasteiger partial charge in [-0.3, -0.25) is 4.68 Å². The highest BCUT2D eigenvalue weighted by Crippen LogP contribution is 2.40. The maximum atomic E-state index is 14.2. The predicted octanol–water partition coefficient (Wildman–Crippen LogP) is 6.17. The van der Waals surface area contributed by atoms with Crippen LogP contribution in [0.25, 0.3) is 34.0 Å². The number of nitrogens with zero attached hydrogens (tertiary/aromatic N) is 4. The zero-order chi connectivity index (χ0) is 26.2. The predicted molar refractivity (Wildman–Crippen MR) is 124 cm³/mol. The standard InChI is InChI=1S/C26H16F4N4O3/c27-21-4-2-1-3-19(21)18-10-9-17(13-20(18)26(28,29)30)24-31-23(33-37-24)16-7-5-15(6-8-16)14-34-12-11-22(32-34)25(35)36/h1-13H,14H2,(H,35,36). The third-order valence-electron chi connectivity index (χ3n) is 5.58. The average Bonchev–Trinajstić information content (AvgIpc) is 3.55. The molecule has 0 aliphatic rings. The van der Waals surface area contributed by atoms with E-state index < -0.39 is 23.5 Å². The number of benzene rings is 3. The van der Waals surface area contributed by atoms with Crippen molar-refractivity contribution in [2.75, 3.05) is 0 Å². The first-order valence-corrected chi connectivity index (χ1v) is 10.9. The zero-order valence-electron chi connectivity index (χ0n) is 18.8. The molecule has 1 N–H and O–H groups in total. The Morgan fingerprint density at radius 3 is 2.35 bits per heavy atom. The van der Waals surface area contributed by atoms with E-state index >= 15 is 0 Å². The minimum atomic E-state index is -4.74. The van der Waals surface area contributed by atoms with E-state index in [1.54, 1.807) is 30.5 Å². The third kappa shape index (κ3) is 4.96. The Labute approximate surface area is 206 Å². The first-order chi connectivity index (χ1) is 17.7. The van der Waals surface area contributed by atoms with Gasteiger partial charge in [0.05, 0.1) is 12.1 Å². The van der Waals surface area contributed by atoms with E-state index in [9.17, 15) is 22.4 Å². The van der Waals surface area contributed by atoms with Gasteiger partial charge in [0.2, 0.25) is 5.82 Å². The van der Waals surface area contributed by atoms with E-state index in [0.717, 1.165) is 17.7 Å². The van der Waals surface area contributed by atoms with Crippen LogP contribution in [0.15, 0.2) is 83.5 Å². The van der Waals surface area contributed by atoms with Crippen LogP contribution in [-0.4, -0.2) is 31.0 Å². The van der Waals surface area contributed by atoms with Crippen LogP contribution in [0.2, 0.25) is 0 Å². The molecule has 37 heavy (non-hydrogen) atoms. The van der Waals surface area contributed by atoms with Crippen LogP contribution in [0.1, 0.15) is 21.6 Å². The number of aromatic nitrogens is 4. The minimum absolute atomic E-state index is 0.0377. The Morgan fingerprint density at radius 1 is 0.946 bits per heavy atom. The van der Waals surface area contributed by atoms with Crippen molar-refractivity contribution in [3.63, 3.8) is 0 Å². The molecule has 5 rings (SSSR count). The molecule has 0 fully saturated rings. The molecule has 3 aromatic carbocycles. The number of carboxylic acids is 1. The Morgan fingerprint density at radius 2 is 1.68 bits per heavy atom. The van der Waals surface area contributed by atoms with Crippen molar-refractivity contribution in [2.24, 2.45) is 0 Å². The monoisotopic (exact) mass is 508 g/mol. The highest BCUT2D eigenvalue weighted by Gasteiger charge is 2.35. The van der Waals surface area contributed by atoms with Gasteiger partial charge in [0.1, 0.15) is 5.82 Å². The fourth-order valence-electron chi connectivity index (χ4n) is 3.79. The van der Waals surface area contributed by atoms with Gasteiger partial charge in [-0.2, -0.15) is 23.3 Å². The molecule has 186 valence electrons. The highest BCUT2D eigenvalue weighted by molar-refractivity contribution is 5.85. The lowest BCUT2D eigenvalue weighted by Gasteiger charge is -2.14. The topological polar surface area (TPSA) is 94.0 Å². The van der Waals surface area contributed by atoms with Crippen molar-refractivity contribution in [2.45, 2.75) is 12.7 Å². The van der Waals surface area contributed by atoms with Gasteiger partial charge in [-0.1, -0.05) is 53.7 Å². The van der Waals surface area contributed by atoms with Crippen LogP contribution in [-0.2, 0) is 12.7 Å². The Balaban J connectivity index is 1.40. The van der Waals surface area contributed by atoms with Gasteiger partial charge in [-0.15, -0.1) is 0 Å². The van der Waals surface area contributed by atoms with Gasteiger partial charge in [-0.05, 0) is 35.4 Å². The smallest absolute Gasteiger partial charge is 0.417 e. The van der Waals surface area contributed by atoms with E-state index in [-0.39, 0.29) is 34.1 Å². The minimum Gasteiger partial charge on any atom is -0.476 e. The second-order valence-electron chi connectivity index (χ2n) is 8.06. The molecule has 0 atom stereocenters. The number of hydrogen-bond donors (Lipinski definition) is 1. The van der Waals surface area contributed by atoms with E-state index in [2.05, 4.69) is 15.2 Å². The van der Waals surface area contributed by atoms with Gasteiger partial charge in [0.25, 0.3) is 5.89 Å². The van der Waals surface area contributed by atoms with E-state index in [0.29, 0.717) is 12.1 Å². The van der Waals surface area contributed by atoms with Crippen LogP contribution in [0.4, 0.5) is 17.6 Å². The highest BCUT2D eigenvalue weighted by atomic mass is 19.4. The number of alkyl halides is 3. The molecule has 5 aromatic rings. The molecule has 2 heterocycles. The van der Waals surface area contributed by atoms with Crippen LogP contribution >= 0.6 is 0 Å². The molecule has 0 saturated heterocycles. The van der Waals surface area contributed by atoms with Gasteiger partial charge < -0.3 is 9.63 Å². The Hall–Kier alpha value is -4.80. The molecular weight excluding hydrogens is 492 g/mol. The summed E-state index contributed by atoms with van der Waals surface area (Å²) in [6, 6.07) is 17.0. The van der Waals surface area contributed by atoms with Crippen molar-refractivity contribution in [1.82, 2.24) is 19.9 Å². The molecule has 11 heteroatoms. The maximum absolute atomic E-state index is 14.2. The van der Waals surface area contributed by atoms with Crippen molar-refractivity contribution in [3.05, 3.63) is 102 Å². The number of rotatable bonds is 6.